The number of nitrogens with one attached hydrogen (secondary N) is 1. The summed E-state index contributed by atoms with van der Waals surface area (Å²) in [7, 11) is -0.338. The first-order valence-electron chi connectivity index (χ1n) is 9.87. The smallest absolute Gasteiger partial charge is 0.408 e. The molecule has 28 heavy (non-hydrogen) atoms. The zero-order valence-corrected chi connectivity index (χ0v) is 20.5. The molecule has 0 spiro atoms. The van der Waals surface area contributed by atoms with Crippen LogP contribution in [0.5, 0.6) is 0 Å². The van der Waals surface area contributed by atoms with Crippen molar-refractivity contribution in [3.63, 3.8) is 0 Å². The highest BCUT2D eigenvalue weighted by Crippen LogP contribution is 2.24. The van der Waals surface area contributed by atoms with E-state index in [9.17, 15) is 9.59 Å². The Bertz CT molecular complexity index is 541. The number of alkyl carbamates (subject to hydrolysis) is 1. The molecule has 0 aliphatic rings. The number of carbonyl (C=O) groups is 2. The van der Waals surface area contributed by atoms with Crippen LogP contribution < -0.4 is 5.32 Å². The fourth-order valence-corrected chi connectivity index (χ4v) is 6.18. The highest BCUT2D eigenvalue weighted by atomic mass is 32.2. The topological polar surface area (TPSA) is 73.9 Å². The Balaban J connectivity index is 4.59. The van der Waals surface area contributed by atoms with Crippen molar-refractivity contribution in [2.24, 2.45) is 0 Å². The fraction of sp³-hybridized carbons (Fsp3) is 0.800. The largest absolute Gasteiger partial charge is 0.467 e. The van der Waals surface area contributed by atoms with Crippen LogP contribution in [0.2, 0.25) is 18.1 Å². The molecule has 0 saturated heterocycles. The van der Waals surface area contributed by atoms with Gasteiger partial charge in [0.05, 0.1) is 13.2 Å². The molecule has 0 aliphatic heterocycles. The molecule has 0 rings (SSSR count). The second-order valence-electron chi connectivity index (χ2n) is 7.69. The van der Waals surface area contributed by atoms with E-state index in [4.69, 9.17) is 13.9 Å². The van der Waals surface area contributed by atoms with Crippen molar-refractivity contribution >= 4 is 32.1 Å². The number of esters is 1. The number of rotatable bonds is 10. The Morgan fingerprint density at radius 2 is 1.71 bits per heavy atom. The van der Waals surface area contributed by atoms with Gasteiger partial charge in [-0.3, -0.25) is 0 Å². The molecule has 0 aromatic heterocycles. The third kappa shape index (κ3) is 11.0. The van der Waals surface area contributed by atoms with Gasteiger partial charge in [-0.05, 0) is 51.1 Å². The van der Waals surface area contributed by atoms with Crippen LogP contribution in [-0.2, 0) is 18.7 Å². The maximum Gasteiger partial charge on any atom is 0.408 e. The van der Waals surface area contributed by atoms with Gasteiger partial charge in [-0.1, -0.05) is 38.5 Å². The Labute approximate surface area is 176 Å². The minimum atomic E-state index is -1.62. The number of hydrogen-bond donors (Lipinski definition) is 1. The van der Waals surface area contributed by atoms with Crippen LogP contribution in [-0.4, -0.2) is 51.0 Å². The standard InChI is InChI=1S/C20H37NO5SSi/c1-9-28(10-2,11-3)26-16(4)13-12-14-27-15-17(18(22)24-8)21-19(23)25-20(5,6)7/h16-17H,9-11,13,15H2,1-8H3,(H,21,23)/t16-,17-/m0/s1. The first-order chi connectivity index (χ1) is 13.0. The number of thioether (sulfide) groups is 1. The third-order valence-electron chi connectivity index (χ3n) is 4.34. The molecule has 0 saturated carbocycles. The van der Waals surface area contributed by atoms with Crippen molar-refractivity contribution in [3.8, 4) is 11.2 Å². The molecule has 162 valence electrons. The molecule has 8 heteroatoms. The van der Waals surface area contributed by atoms with Crippen molar-refractivity contribution in [2.75, 3.05) is 12.9 Å². The lowest BCUT2D eigenvalue weighted by Crippen LogP contribution is -2.45. The lowest BCUT2D eigenvalue weighted by molar-refractivity contribution is -0.142. The second-order valence-corrected chi connectivity index (χ2v) is 13.2. The number of hydrogen-bond acceptors (Lipinski definition) is 6. The van der Waals surface area contributed by atoms with Gasteiger partial charge in [0.15, 0.2) is 8.32 Å². The van der Waals surface area contributed by atoms with Crippen molar-refractivity contribution in [1.82, 2.24) is 5.32 Å². The van der Waals surface area contributed by atoms with Gasteiger partial charge in [0, 0.05) is 12.2 Å². The Hall–Kier alpha value is -1.17. The minimum Gasteiger partial charge on any atom is -0.467 e. The van der Waals surface area contributed by atoms with Gasteiger partial charge in [0.1, 0.15) is 11.6 Å². The quantitative estimate of drug-likeness (QED) is 0.311. The molecular formula is C20H37NO5SSi. The molecular weight excluding hydrogens is 394 g/mol. The van der Waals surface area contributed by atoms with E-state index in [0.29, 0.717) is 6.42 Å². The first-order valence-corrected chi connectivity index (χ1v) is 13.4. The van der Waals surface area contributed by atoms with E-state index in [-0.39, 0.29) is 11.9 Å². The summed E-state index contributed by atoms with van der Waals surface area (Å²) in [5.41, 5.74) is -0.637. The summed E-state index contributed by atoms with van der Waals surface area (Å²) in [6, 6.07) is 2.53. The molecule has 0 aliphatic carbocycles. The van der Waals surface area contributed by atoms with Gasteiger partial charge < -0.3 is 19.2 Å². The number of ether oxygens (including phenoxy) is 2. The van der Waals surface area contributed by atoms with Crippen LogP contribution in [0.15, 0.2) is 0 Å². The minimum absolute atomic E-state index is 0.0934. The molecule has 0 radical (unpaired) electrons. The average Bonchev–Trinajstić information content (AvgIpc) is 2.62. The van der Waals surface area contributed by atoms with Crippen LogP contribution in [0, 0.1) is 11.2 Å². The zero-order valence-electron chi connectivity index (χ0n) is 18.6. The Kier molecular flexibility index (Phi) is 12.6. The molecule has 0 fully saturated rings. The molecule has 0 heterocycles. The molecule has 0 unspecified atom stereocenters. The summed E-state index contributed by atoms with van der Waals surface area (Å²) < 4.78 is 16.3. The molecule has 1 amide bonds. The highest BCUT2D eigenvalue weighted by molar-refractivity contribution is 8.03. The third-order valence-corrected chi connectivity index (χ3v) is 9.90. The van der Waals surface area contributed by atoms with Crippen molar-refractivity contribution in [1.29, 1.82) is 0 Å². The van der Waals surface area contributed by atoms with E-state index in [2.05, 4.69) is 44.2 Å². The maximum atomic E-state index is 11.9. The predicted molar refractivity (Wildman–Crippen MR) is 118 cm³/mol. The first kappa shape index (κ1) is 26.8. The lowest BCUT2D eigenvalue weighted by Gasteiger charge is -2.31. The van der Waals surface area contributed by atoms with E-state index in [1.807, 2.05) is 0 Å². The summed E-state index contributed by atoms with van der Waals surface area (Å²) in [6.45, 7) is 14.0. The van der Waals surface area contributed by atoms with Gasteiger partial charge in [0.2, 0.25) is 0 Å². The van der Waals surface area contributed by atoms with Crippen LogP contribution in [0.25, 0.3) is 0 Å². The molecule has 0 aromatic carbocycles. The number of methoxy groups -OCH3 is 1. The summed E-state index contributed by atoms with van der Waals surface area (Å²) in [4.78, 5) is 23.8. The summed E-state index contributed by atoms with van der Waals surface area (Å²) >= 11 is 1.27. The summed E-state index contributed by atoms with van der Waals surface area (Å²) in [6.07, 6.45) is 0.0822. The lowest BCUT2D eigenvalue weighted by atomic mass is 10.2. The predicted octanol–water partition coefficient (Wildman–Crippen LogP) is 4.55. The number of carbonyl (C=O) groups excluding carboxylic acids is 2. The van der Waals surface area contributed by atoms with Gasteiger partial charge in [0.25, 0.3) is 0 Å². The molecule has 0 aromatic rings. The van der Waals surface area contributed by atoms with Gasteiger partial charge in [-0.2, -0.15) is 0 Å². The Morgan fingerprint density at radius 3 is 2.18 bits per heavy atom. The molecule has 6 nitrogen and oxygen atoms in total. The fourth-order valence-electron chi connectivity index (χ4n) is 2.59. The average molecular weight is 432 g/mol. The second kappa shape index (κ2) is 13.1. The normalized spacial score (nSPS) is 13.7. The highest BCUT2D eigenvalue weighted by Gasteiger charge is 2.30. The van der Waals surface area contributed by atoms with E-state index in [0.717, 1.165) is 18.1 Å². The number of amides is 1. The van der Waals surface area contributed by atoms with E-state index in [1.54, 1.807) is 20.8 Å². The van der Waals surface area contributed by atoms with Gasteiger partial charge in [-0.25, -0.2) is 9.59 Å². The summed E-state index contributed by atoms with van der Waals surface area (Å²) in [5, 5.41) is 5.52. The van der Waals surface area contributed by atoms with Gasteiger partial charge >= 0.3 is 12.1 Å². The van der Waals surface area contributed by atoms with E-state index in [1.165, 1.54) is 18.9 Å². The summed E-state index contributed by atoms with van der Waals surface area (Å²) in [5.74, 6) is 2.86. The van der Waals surface area contributed by atoms with Crippen LogP contribution in [0.3, 0.4) is 0 Å². The van der Waals surface area contributed by atoms with E-state index < -0.39 is 32.0 Å². The zero-order chi connectivity index (χ0) is 21.8. The SMILES string of the molecule is CC[Si](CC)(CC)O[C@@H](C)CC#CSC[C@H](NC(=O)OC(C)(C)C)C(=O)OC. The van der Waals surface area contributed by atoms with Crippen LogP contribution in [0.1, 0.15) is 54.9 Å². The molecule has 2 atom stereocenters. The van der Waals surface area contributed by atoms with E-state index >= 15 is 0 Å². The maximum absolute atomic E-state index is 11.9. The van der Waals surface area contributed by atoms with Crippen molar-refractivity contribution < 1.29 is 23.5 Å². The van der Waals surface area contributed by atoms with Crippen LogP contribution in [0.4, 0.5) is 4.79 Å². The van der Waals surface area contributed by atoms with Crippen molar-refractivity contribution in [3.05, 3.63) is 0 Å². The molecule has 0 bridgehead atoms. The van der Waals surface area contributed by atoms with Gasteiger partial charge in [-0.15, -0.1) is 0 Å². The van der Waals surface area contributed by atoms with Crippen molar-refractivity contribution in [2.45, 2.75) is 90.8 Å². The van der Waals surface area contributed by atoms with Crippen LogP contribution >= 0.6 is 11.8 Å². The Morgan fingerprint density at radius 1 is 1.14 bits per heavy atom. The molecule has 1 N–H and O–H groups in total. The monoisotopic (exact) mass is 431 g/mol.